The summed E-state index contributed by atoms with van der Waals surface area (Å²) in [6.07, 6.45) is 10.5. The fraction of sp³-hybridized carbons (Fsp3) is 1.00. The Morgan fingerprint density at radius 1 is 1.10 bits per heavy atom. The van der Waals surface area contributed by atoms with Gasteiger partial charge in [-0.05, 0) is 50.5 Å². The molecule has 4 nitrogen and oxygen atoms in total. The van der Waals surface area contributed by atoms with Crippen molar-refractivity contribution in [3.05, 3.63) is 0 Å². The van der Waals surface area contributed by atoms with E-state index in [-0.39, 0.29) is 5.75 Å². The van der Waals surface area contributed by atoms with E-state index in [2.05, 4.69) is 17.0 Å². The van der Waals surface area contributed by atoms with E-state index in [0.29, 0.717) is 12.6 Å². The molecule has 0 amide bonds. The number of sulfonamides is 1. The molecule has 0 bridgehead atoms. The predicted octanol–water partition coefficient (Wildman–Crippen LogP) is 2.65. The minimum atomic E-state index is -3.09. The summed E-state index contributed by atoms with van der Waals surface area (Å²) in [5, 5.41) is 3.41. The van der Waals surface area contributed by atoms with Gasteiger partial charge in [-0.15, -0.1) is 0 Å². The van der Waals surface area contributed by atoms with Crippen LogP contribution in [0.4, 0.5) is 0 Å². The third kappa shape index (κ3) is 6.66. The van der Waals surface area contributed by atoms with E-state index in [1.54, 1.807) is 0 Å². The van der Waals surface area contributed by atoms with Gasteiger partial charge in [-0.2, -0.15) is 0 Å². The molecule has 1 aliphatic heterocycles. The molecule has 3 unspecified atom stereocenters. The molecular formula is C16H32N2O2S. The Labute approximate surface area is 130 Å². The topological polar surface area (TPSA) is 58.2 Å². The van der Waals surface area contributed by atoms with Crippen LogP contribution in [-0.2, 0) is 10.0 Å². The molecule has 3 atom stereocenters. The Morgan fingerprint density at radius 3 is 2.67 bits per heavy atom. The van der Waals surface area contributed by atoms with Crippen LogP contribution in [-0.4, -0.2) is 33.3 Å². The smallest absolute Gasteiger partial charge is 0.211 e. The lowest BCUT2D eigenvalue weighted by Gasteiger charge is -2.26. The zero-order valence-corrected chi connectivity index (χ0v) is 14.3. The summed E-state index contributed by atoms with van der Waals surface area (Å²) in [6.45, 7) is 3.98. The highest BCUT2D eigenvalue weighted by Gasteiger charge is 2.20. The van der Waals surface area contributed by atoms with Gasteiger partial charge in [-0.1, -0.05) is 32.6 Å². The second-order valence-corrected chi connectivity index (χ2v) is 9.00. The van der Waals surface area contributed by atoms with Crippen molar-refractivity contribution < 1.29 is 8.42 Å². The maximum atomic E-state index is 12.0. The van der Waals surface area contributed by atoms with Crippen molar-refractivity contribution in [2.75, 3.05) is 18.8 Å². The molecule has 0 aromatic carbocycles. The van der Waals surface area contributed by atoms with Gasteiger partial charge in [0.25, 0.3) is 0 Å². The molecule has 0 aromatic rings. The minimum Gasteiger partial charge on any atom is -0.314 e. The zero-order valence-electron chi connectivity index (χ0n) is 13.4. The molecule has 1 heterocycles. The Balaban J connectivity index is 1.61. The summed E-state index contributed by atoms with van der Waals surface area (Å²) in [6, 6.07) is 0.398. The first-order valence-corrected chi connectivity index (χ1v) is 10.4. The number of piperidine rings is 1. The van der Waals surface area contributed by atoms with Gasteiger partial charge in [0.2, 0.25) is 10.0 Å². The van der Waals surface area contributed by atoms with Crippen LogP contribution in [0, 0.1) is 11.8 Å². The molecule has 0 aromatic heterocycles. The van der Waals surface area contributed by atoms with Crippen LogP contribution in [0.3, 0.4) is 0 Å². The first-order valence-electron chi connectivity index (χ1n) is 8.76. The molecule has 0 radical (unpaired) electrons. The maximum absolute atomic E-state index is 12.0. The van der Waals surface area contributed by atoms with Gasteiger partial charge in [0.1, 0.15) is 0 Å². The van der Waals surface area contributed by atoms with Crippen molar-refractivity contribution in [2.45, 2.75) is 70.8 Å². The van der Waals surface area contributed by atoms with Crippen LogP contribution in [0.1, 0.15) is 64.7 Å². The Kier molecular flexibility index (Phi) is 6.96. The third-order valence-corrected chi connectivity index (χ3v) is 6.48. The summed E-state index contributed by atoms with van der Waals surface area (Å²) in [5.74, 6) is 1.81. The van der Waals surface area contributed by atoms with Gasteiger partial charge >= 0.3 is 0 Å². The molecule has 1 saturated carbocycles. The largest absolute Gasteiger partial charge is 0.314 e. The highest BCUT2D eigenvalue weighted by atomic mass is 32.2. The molecule has 2 fully saturated rings. The Morgan fingerprint density at radius 2 is 1.95 bits per heavy atom. The summed E-state index contributed by atoms with van der Waals surface area (Å²) < 4.78 is 26.9. The summed E-state index contributed by atoms with van der Waals surface area (Å²) in [7, 11) is -3.09. The highest BCUT2D eigenvalue weighted by molar-refractivity contribution is 7.89. The van der Waals surface area contributed by atoms with Crippen LogP contribution >= 0.6 is 0 Å². The first kappa shape index (κ1) is 17.2. The van der Waals surface area contributed by atoms with Crippen molar-refractivity contribution in [1.29, 1.82) is 0 Å². The van der Waals surface area contributed by atoms with Gasteiger partial charge in [0, 0.05) is 12.6 Å². The second-order valence-electron chi connectivity index (χ2n) is 7.08. The summed E-state index contributed by atoms with van der Waals surface area (Å²) in [4.78, 5) is 0. The maximum Gasteiger partial charge on any atom is 0.211 e. The van der Waals surface area contributed by atoms with E-state index in [4.69, 9.17) is 0 Å². The van der Waals surface area contributed by atoms with Gasteiger partial charge < -0.3 is 5.32 Å². The van der Waals surface area contributed by atoms with Gasteiger partial charge in [0.15, 0.2) is 0 Å². The molecule has 0 spiro atoms. The number of nitrogens with one attached hydrogen (secondary N) is 2. The lowest BCUT2D eigenvalue weighted by atomic mass is 9.81. The Hall–Kier alpha value is -0.130. The number of hydrogen-bond acceptors (Lipinski definition) is 3. The van der Waals surface area contributed by atoms with Gasteiger partial charge in [0.05, 0.1) is 5.75 Å². The van der Waals surface area contributed by atoms with Crippen molar-refractivity contribution in [3.8, 4) is 0 Å². The van der Waals surface area contributed by atoms with Gasteiger partial charge in [-0.25, -0.2) is 13.1 Å². The van der Waals surface area contributed by atoms with Crippen LogP contribution in [0.15, 0.2) is 0 Å². The van der Waals surface area contributed by atoms with Gasteiger partial charge in [-0.3, -0.25) is 0 Å². The van der Waals surface area contributed by atoms with E-state index in [0.717, 1.165) is 37.6 Å². The summed E-state index contributed by atoms with van der Waals surface area (Å²) in [5.41, 5.74) is 0. The first-order chi connectivity index (χ1) is 10.1. The molecule has 2 aliphatic rings. The van der Waals surface area contributed by atoms with Crippen LogP contribution in [0.2, 0.25) is 0 Å². The van der Waals surface area contributed by atoms with E-state index >= 15 is 0 Å². The van der Waals surface area contributed by atoms with Crippen LogP contribution < -0.4 is 10.0 Å². The van der Waals surface area contributed by atoms with E-state index < -0.39 is 10.0 Å². The van der Waals surface area contributed by atoms with Crippen molar-refractivity contribution in [2.24, 2.45) is 11.8 Å². The molecule has 2 rings (SSSR count). The predicted molar refractivity (Wildman–Crippen MR) is 87.8 cm³/mol. The number of hydrogen-bond donors (Lipinski definition) is 2. The molecular weight excluding hydrogens is 284 g/mol. The van der Waals surface area contributed by atoms with Crippen molar-refractivity contribution in [3.63, 3.8) is 0 Å². The van der Waals surface area contributed by atoms with Crippen molar-refractivity contribution in [1.82, 2.24) is 10.0 Å². The Bertz CT molecular complexity index is 391. The third-order valence-electron chi connectivity index (χ3n) is 5.07. The lowest BCUT2D eigenvalue weighted by Crippen LogP contribution is -2.37. The molecule has 1 aliphatic carbocycles. The average molecular weight is 317 g/mol. The molecule has 21 heavy (non-hydrogen) atoms. The molecule has 2 N–H and O–H groups in total. The van der Waals surface area contributed by atoms with Crippen LogP contribution in [0.5, 0.6) is 0 Å². The summed E-state index contributed by atoms with van der Waals surface area (Å²) >= 11 is 0. The SMILES string of the molecule is CC1CCCC(CCNS(=O)(=O)CCC2CCCCN2)C1. The quantitative estimate of drug-likeness (QED) is 0.759. The molecule has 1 saturated heterocycles. The molecule has 124 valence electrons. The highest BCUT2D eigenvalue weighted by Crippen LogP contribution is 2.30. The average Bonchev–Trinajstić information content (AvgIpc) is 2.46. The minimum absolute atomic E-state index is 0.270. The van der Waals surface area contributed by atoms with Crippen LogP contribution in [0.25, 0.3) is 0 Å². The van der Waals surface area contributed by atoms with E-state index in [1.807, 2.05) is 0 Å². The fourth-order valence-electron chi connectivity index (χ4n) is 3.78. The van der Waals surface area contributed by atoms with E-state index in [9.17, 15) is 8.42 Å². The second kappa shape index (κ2) is 8.49. The normalized spacial score (nSPS) is 31.2. The standard InChI is InChI=1S/C16H32N2O2S/c1-14-5-4-6-15(13-14)8-11-18-21(19,20)12-9-16-7-2-3-10-17-16/h14-18H,2-13H2,1H3. The number of rotatable bonds is 7. The van der Waals surface area contributed by atoms with E-state index in [1.165, 1.54) is 38.5 Å². The fourth-order valence-corrected chi connectivity index (χ4v) is 4.95. The van der Waals surface area contributed by atoms with Crippen molar-refractivity contribution >= 4 is 10.0 Å². The molecule has 5 heteroatoms. The lowest BCUT2D eigenvalue weighted by molar-refractivity contribution is 0.271. The zero-order chi connectivity index (χ0) is 15.1. The monoisotopic (exact) mass is 316 g/mol.